The van der Waals surface area contributed by atoms with E-state index in [2.05, 4.69) is 0 Å². The minimum atomic E-state index is -1.75. The molecule has 0 aliphatic rings. The van der Waals surface area contributed by atoms with Crippen molar-refractivity contribution in [3.8, 4) is 0 Å². The van der Waals surface area contributed by atoms with E-state index in [4.69, 9.17) is 199 Å². The van der Waals surface area contributed by atoms with Crippen molar-refractivity contribution in [1.82, 2.24) is 0 Å². The van der Waals surface area contributed by atoms with Gasteiger partial charge in [-0.1, -0.05) is 0 Å². The number of rotatable bonds is 0. The molecule has 0 heterocycles. The molecule has 0 spiro atoms. The molecule has 0 fully saturated rings. The van der Waals surface area contributed by atoms with E-state index >= 15 is 0 Å². The summed E-state index contributed by atoms with van der Waals surface area (Å²) >= 11 is 0. The normalized spacial score (nSPS) is 5.57. The van der Waals surface area contributed by atoms with Gasteiger partial charge >= 0.3 is 127 Å². The van der Waals surface area contributed by atoms with Crippen molar-refractivity contribution in [2.75, 3.05) is 0 Å². The summed E-state index contributed by atoms with van der Waals surface area (Å²) < 4.78 is 0. The van der Waals surface area contributed by atoms with Crippen LogP contribution < -0.4 is 0 Å². The Kier molecular flexibility index (Phi) is 204. The first kappa shape index (κ1) is 110. The Morgan fingerprint density at radius 1 is 0.179 bits per heavy atom. The van der Waals surface area contributed by atoms with Gasteiger partial charge in [0.2, 0.25) is 0 Å². The molecule has 56 heavy (non-hydrogen) atoms. The number of hydrogen-bond donors (Lipinski definition) is 0. The second kappa shape index (κ2) is 104. The van der Waals surface area contributed by atoms with E-state index < -0.39 is 66.1 Å². The van der Waals surface area contributed by atoms with Crippen LogP contribution in [0.4, 0.5) is 0 Å². The summed E-state index contributed by atoms with van der Waals surface area (Å²) in [5, 5.41) is 192. The van der Waals surface area contributed by atoms with Crippen molar-refractivity contribution in [3.63, 3.8) is 0 Å². The van der Waals surface area contributed by atoms with Gasteiger partial charge in [-0.2, -0.15) is 0 Å². The Bertz CT molecular complexity index is 659. The Morgan fingerprint density at radius 2 is 0.179 bits per heavy atom. The van der Waals surface area contributed by atoms with Gasteiger partial charge < -0.3 is 199 Å². The van der Waals surface area contributed by atoms with Crippen LogP contribution in [0.3, 0.4) is 0 Å². The SMILES string of the molecule is O=[N+]([O-])[O-].O=[N+]([O-])[O-].O=[N+]([O-])[O-].O=[N+]([O-])[O-].O=[N+]([O-])[O-].O=[N+]([O-])[O-].O=[N+]([O-])[O-].O=[N+]([O-])[O-].O=[N+]([O-])[O-].O=[N+]([O-])[O-].O=[N+]([O-])[O-].O=[N+]([O-])[O-].O=[N+]([O-])[O-].[Al+3].[Ce+3].[Pr+3].[Zr+4]. The van der Waals surface area contributed by atoms with Gasteiger partial charge in [-0.3, -0.25) is 0 Å². The first-order chi connectivity index (χ1) is 22.5. The Labute approximate surface area is 388 Å². The van der Waals surface area contributed by atoms with E-state index in [-0.39, 0.29) is 127 Å². The number of nitrogens with zero attached hydrogens (tertiary/aromatic N) is 13. The predicted molar refractivity (Wildman–Crippen MR) is 140 cm³/mol. The third-order valence-electron chi connectivity index (χ3n) is 0. The maximum Gasteiger partial charge on any atom is 4.00 e. The van der Waals surface area contributed by atoms with Crippen LogP contribution in [0.2, 0.25) is 0 Å². The zero-order valence-electron chi connectivity index (χ0n) is 23.9. The molecule has 52 nitrogen and oxygen atoms in total. The fourth-order valence-corrected chi connectivity index (χ4v) is 0. The van der Waals surface area contributed by atoms with Crippen molar-refractivity contribution in [2.24, 2.45) is 0 Å². The van der Waals surface area contributed by atoms with Crippen LogP contribution in [-0.2, 0) is 26.2 Å². The standard InChI is InChI=1S/Al.Ce.13NO3.Pr.Zr/c;;13*2-1(3)4;;/q2*+3;13*-1;+3;+4. The van der Waals surface area contributed by atoms with Crippen molar-refractivity contribution >= 4 is 17.4 Å². The quantitative estimate of drug-likeness (QED) is 0.129. The van der Waals surface area contributed by atoms with Crippen molar-refractivity contribution in [3.05, 3.63) is 199 Å². The average Bonchev–Trinajstić information content (AvgIpc) is 2.67. The zero-order valence-corrected chi connectivity index (χ0v) is 34.3. The maximum absolute atomic E-state index is 8.25. The van der Waals surface area contributed by atoms with Gasteiger partial charge in [0.25, 0.3) is 0 Å². The summed E-state index contributed by atoms with van der Waals surface area (Å²) in [6.07, 6.45) is 0. The topological polar surface area (TPSA) is 861 Å². The molecular weight excluding hydrogens is 1210 g/mol. The molecule has 56 heteroatoms. The molecule has 0 rings (SSSR count). The van der Waals surface area contributed by atoms with Crippen molar-refractivity contribution in [2.45, 2.75) is 0 Å². The third-order valence-corrected chi connectivity index (χ3v) is 0. The van der Waals surface area contributed by atoms with E-state index in [1.807, 2.05) is 0 Å². The predicted octanol–water partition coefficient (Wildman–Crippen LogP) is -3.49. The largest absolute Gasteiger partial charge is 4.00 e. The van der Waals surface area contributed by atoms with Crippen LogP contribution in [0.25, 0.3) is 0 Å². The molecule has 0 bridgehead atoms. The van der Waals surface area contributed by atoms with Crippen LogP contribution in [0.1, 0.15) is 0 Å². The van der Waals surface area contributed by atoms with Gasteiger partial charge in [-0.25, -0.2) is 0 Å². The Hall–Kier alpha value is -6.24. The summed E-state index contributed by atoms with van der Waals surface area (Å²) in [5.74, 6) is 0. The zero-order chi connectivity index (χ0) is 46.5. The second-order valence-corrected chi connectivity index (χ2v) is 2.91. The van der Waals surface area contributed by atoms with E-state index in [9.17, 15) is 0 Å². The molecule has 1 radical (unpaired) electrons. The Morgan fingerprint density at radius 3 is 0.179 bits per heavy atom. The molecule has 0 unspecified atom stereocenters. The summed E-state index contributed by atoms with van der Waals surface area (Å²) in [5.41, 5.74) is 0. The van der Waals surface area contributed by atoms with E-state index in [1.54, 1.807) is 0 Å². The van der Waals surface area contributed by atoms with Gasteiger partial charge in [0.15, 0.2) is 0 Å². The molecule has 0 atom stereocenters. The molecule has 313 valence electrons. The molecule has 0 saturated carbocycles. The van der Waals surface area contributed by atoms with Gasteiger partial charge in [-0.05, 0) is 0 Å². The van der Waals surface area contributed by atoms with Crippen LogP contribution in [0.5, 0.6) is 0 Å². The first-order valence-corrected chi connectivity index (χ1v) is 7.12. The summed E-state index contributed by atoms with van der Waals surface area (Å²) in [6, 6.07) is 0. The van der Waals surface area contributed by atoms with Gasteiger partial charge in [0.05, 0.1) is 66.1 Å². The van der Waals surface area contributed by atoms with Crippen molar-refractivity contribution in [1.29, 1.82) is 0 Å². The fraction of sp³-hybridized carbons (Fsp3) is 0. The average molecular weight is 1210 g/mol. The van der Waals surface area contributed by atoms with E-state index in [0.29, 0.717) is 0 Å². The third kappa shape index (κ3) is 2680. The van der Waals surface area contributed by atoms with E-state index in [1.165, 1.54) is 0 Å². The van der Waals surface area contributed by atoms with Crippen LogP contribution in [0.15, 0.2) is 0 Å². The Balaban J connectivity index is -0.0000000195. The monoisotopic (exact) mass is 1200 g/mol. The summed E-state index contributed by atoms with van der Waals surface area (Å²) in [4.78, 5) is 107. The maximum atomic E-state index is 8.25. The smallest absolute Gasteiger partial charge is 0.356 e. The summed E-state index contributed by atoms with van der Waals surface area (Å²) in [7, 11) is 0. The first-order valence-electron chi connectivity index (χ1n) is 7.12. The number of hydrogen-bond acceptors (Lipinski definition) is 39. The molecule has 0 aliphatic carbocycles. The minimum absolute atomic E-state index is 0. The molecule has 0 aromatic rings. The van der Waals surface area contributed by atoms with E-state index in [0.717, 1.165) is 0 Å². The minimum Gasteiger partial charge on any atom is -0.356 e. The van der Waals surface area contributed by atoms with Gasteiger partial charge in [-0.15, -0.1) is 0 Å². The van der Waals surface area contributed by atoms with Crippen molar-refractivity contribution < 1.29 is 175 Å². The molecular formula is AlCeN13O39PrZr. The summed E-state index contributed by atoms with van der Waals surface area (Å²) in [6.45, 7) is 0. The molecule has 0 aliphatic heterocycles. The molecule has 0 amide bonds. The fourth-order valence-electron chi connectivity index (χ4n) is 0. The molecule has 0 aromatic heterocycles. The molecule has 0 N–H and O–H groups in total. The molecule has 0 aromatic carbocycles. The second-order valence-electron chi connectivity index (χ2n) is 2.91. The van der Waals surface area contributed by atoms with Crippen LogP contribution >= 0.6 is 0 Å². The van der Waals surface area contributed by atoms with Crippen LogP contribution in [-0.4, -0.2) is 83.5 Å². The molecule has 0 saturated heterocycles. The van der Waals surface area contributed by atoms with Gasteiger partial charge in [0.1, 0.15) is 0 Å². The van der Waals surface area contributed by atoms with Gasteiger partial charge in [0, 0.05) is 0 Å². The van der Waals surface area contributed by atoms with Crippen LogP contribution in [0, 0.1) is 282 Å².